The number of aromatic carboxylic acids is 1. The Morgan fingerprint density at radius 2 is 1.91 bits per heavy atom. The number of likely N-dealkylation sites (N-methyl/N-ethyl adjacent to an activating group) is 1. The lowest BCUT2D eigenvalue weighted by Gasteiger charge is -2.29. The highest BCUT2D eigenvalue weighted by Gasteiger charge is 2.40. The number of rotatable bonds is 5. The Kier molecular flexibility index (Phi) is 5.70. The molecule has 2 aromatic carbocycles. The molecule has 6 rings (SSSR count). The fourth-order valence-electron chi connectivity index (χ4n) is 7.07. The summed E-state index contributed by atoms with van der Waals surface area (Å²) in [5, 5.41) is 14.4. The van der Waals surface area contributed by atoms with Gasteiger partial charge in [0.25, 0.3) is 0 Å². The van der Waals surface area contributed by atoms with E-state index in [-0.39, 0.29) is 0 Å². The van der Waals surface area contributed by atoms with Crippen molar-refractivity contribution in [2.75, 3.05) is 26.7 Å². The van der Waals surface area contributed by atoms with Crippen molar-refractivity contribution in [2.24, 2.45) is 5.92 Å². The van der Waals surface area contributed by atoms with Gasteiger partial charge in [0.2, 0.25) is 0 Å². The quantitative estimate of drug-likeness (QED) is 0.520. The summed E-state index contributed by atoms with van der Waals surface area (Å²) in [5.41, 5.74) is 7.15. The second kappa shape index (κ2) is 8.86. The third-order valence-electron chi connectivity index (χ3n) is 8.59. The third-order valence-corrected chi connectivity index (χ3v) is 8.59. The molecule has 5 nitrogen and oxygen atoms in total. The van der Waals surface area contributed by atoms with Gasteiger partial charge in [0, 0.05) is 42.1 Å². The minimum absolute atomic E-state index is 0.388. The van der Waals surface area contributed by atoms with E-state index in [1.807, 2.05) is 13.1 Å². The van der Waals surface area contributed by atoms with Gasteiger partial charge in [0.1, 0.15) is 0 Å². The monoisotopic (exact) mass is 457 g/mol. The lowest BCUT2D eigenvalue weighted by molar-refractivity contribution is 0.0697. The van der Waals surface area contributed by atoms with E-state index in [2.05, 4.69) is 45.1 Å². The lowest BCUT2D eigenvalue weighted by Crippen LogP contribution is -2.32. The van der Waals surface area contributed by atoms with E-state index in [1.165, 1.54) is 66.3 Å². The zero-order valence-corrected chi connectivity index (χ0v) is 20.1. The average Bonchev–Trinajstić information content (AvgIpc) is 3.37. The third kappa shape index (κ3) is 3.48. The molecule has 1 aromatic heterocycles. The highest BCUT2D eigenvalue weighted by Crippen LogP contribution is 2.51. The Morgan fingerprint density at radius 3 is 2.71 bits per heavy atom. The molecule has 1 saturated carbocycles. The molecule has 3 aromatic rings. The van der Waals surface area contributed by atoms with Crippen LogP contribution in [0.2, 0.25) is 0 Å². The molecular formula is C29H35N3O2. The highest BCUT2D eigenvalue weighted by atomic mass is 16.4. The van der Waals surface area contributed by atoms with Crippen LogP contribution in [0, 0.1) is 5.92 Å². The van der Waals surface area contributed by atoms with E-state index in [9.17, 15) is 9.90 Å². The number of hydrogen-bond donors (Lipinski definition) is 2. The van der Waals surface area contributed by atoms with Gasteiger partial charge in [-0.3, -0.25) is 4.90 Å². The minimum atomic E-state index is -0.845. The number of nitrogens with zero attached hydrogens (tertiary/aromatic N) is 2. The molecule has 178 valence electrons. The first-order valence-electron chi connectivity index (χ1n) is 13.0. The summed E-state index contributed by atoms with van der Waals surface area (Å²) in [6.45, 7) is 4.13. The van der Waals surface area contributed by atoms with Crippen molar-refractivity contribution >= 4 is 16.9 Å². The van der Waals surface area contributed by atoms with E-state index in [1.54, 1.807) is 6.07 Å². The van der Waals surface area contributed by atoms with Gasteiger partial charge >= 0.3 is 5.97 Å². The van der Waals surface area contributed by atoms with Crippen LogP contribution in [0.1, 0.15) is 72.0 Å². The maximum absolute atomic E-state index is 11.9. The fourth-order valence-corrected chi connectivity index (χ4v) is 7.07. The summed E-state index contributed by atoms with van der Waals surface area (Å²) in [6, 6.07) is 15.3. The molecule has 0 spiro atoms. The zero-order chi connectivity index (χ0) is 23.2. The van der Waals surface area contributed by atoms with Crippen LogP contribution >= 0.6 is 0 Å². The van der Waals surface area contributed by atoms with Gasteiger partial charge in [-0.15, -0.1) is 0 Å². The summed E-state index contributed by atoms with van der Waals surface area (Å²) in [6.07, 6.45) is 7.55. The number of likely N-dealkylation sites (tertiary alicyclic amines) is 1. The van der Waals surface area contributed by atoms with Gasteiger partial charge in [0.15, 0.2) is 0 Å². The molecule has 0 bridgehead atoms. The van der Waals surface area contributed by atoms with E-state index >= 15 is 0 Å². The first-order chi connectivity index (χ1) is 16.7. The Morgan fingerprint density at radius 1 is 1.09 bits per heavy atom. The van der Waals surface area contributed by atoms with E-state index in [4.69, 9.17) is 0 Å². The largest absolute Gasteiger partial charge is 0.478 e. The number of carboxylic acids is 1. The predicted molar refractivity (Wildman–Crippen MR) is 137 cm³/mol. The van der Waals surface area contributed by atoms with Crippen LogP contribution in [0.3, 0.4) is 0 Å². The molecule has 2 atom stereocenters. The first kappa shape index (κ1) is 21.9. The van der Waals surface area contributed by atoms with Crippen molar-refractivity contribution in [3.63, 3.8) is 0 Å². The van der Waals surface area contributed by atoms with Gasteiger partial charge in [-0.25, -0.2) is 4.79 Å². The minimum Gasteiger partial charge on any atom is -0.478 e. The fraction of sp³-hybridized carbons (Fsp3) is 0.483. The number of aromatic nitrogens is 1. The maximum Gasteiger partial charge on any atom is 0.335 e. The molecule has 2 fully saturated rings. The topological polar surface area (TPSA) is 57.5 Å². The number of nitrogens with one attached hydrogen (secondary N) is 1. The van der Waals surface area contributed by atoms with E-state index in [0.717, 1.165) is 31.7 Å². The SMILES string of the molecule is CNCCN1CC[C@H]2Cn3c(c(C4CCCCC4)c4ccc(C(=O)O)cc43)-c3ccccc3[C@@H]21. The molecule has 2 N–H and O–H groups in total. The first-order valence-corrected chi connectivity index (χ1v) is 13.0. The summed E-state index contributed by atoms with van der Waals surface area (Å²) >= 11 is 0. The van der Waals surface area contributed by atoms with Crippen LogP contribution in [-0.4, -0.2) is 47.2 Å². The van der Waals surface area contributed by atoms with E-state index < -0.39 is 5.97 Å². The average molecular weight is 458 g/mol. The predicted octanol–water partition coefficient (Wildman–Crippen LogP) is 5.65. The number of carboxylic acid groups (broad SMARTS) is 1. The van der Waals surface area contributed by atoms with Crippen molar-refractivity contribution in [2.45, 2.75) is 57.0 Å². The number of hydrogen-bond acceptors (Lipinski definition) is 3. The highest BCUT2D eigenvalue weighted by molar-refractivity contribution is 5.98. The van der Waals surface area contributed by atoms with Crippen LogP contribution in [0.5, 0.6) is 0 Å². The molecule has 5 heteroatoms. The second-order valence-corrected chi connectivity index (χ2v) is 10.5. The van der Waals surface area contributed by atoms with Crippen LogP contribution < -0.4 is 5.32 Å². The van der Waals surface area contributed by atoms with Gasteiger partial charge < -0.3 is 15.0 Å². The van der Waals surface area contributed by atoms with Crippen LogP contribution in [0.4, 0.5) is 0 Å². The van der Waals surface area contributed by atoms with Gasteiger partial charge in [-0.2, -0.15) is 0 Å². The number of carbonyl (C=O) groups is 1. The Balaban J connectivity index is 1.60. The van der Waals surface area contributed by atoms with Crippen LogP contribution in [-0.2, 0) is 6.54 Å². The molecule has 34 heavy (non-hydrogen) atoms. The van der Waals surface area contributed by atoms with Crippen LogP contribution in [0.15, 0.2) is 42.5 Å². The van der Waals surface area contributed by atoms with Crippen molar-refractivity contribution in [3.05, 3.63) is 59.2 Å². The lowest BCUT2D eigenvalue weighted by atomic mass is 9.81. The summed E-state index contributed by atoms with van der Waals surface area (Å²) in [4.78, 5) is 14.6. The molecular weight excluding hydrogens is 422 g/mol. The standard InChI is InChI=1S/C29H35N3O2/c1-30-14-16-31-15-13-21-18-32-25-17-20(29(33)34)11-12-24(25)26(19-7-3-2-4-8-19)28(32)23-10-6-5-9-22(23)27(21)31/h5-6,9-12,17,19,21,27,30H,2-4,7-8,13-16,18H2,1H3,(H,33,34)/t21-,27+/m0/s1. The molecule has 0 radical (unpaired) electrons. The molecule has 2 aliphatic heterocycles. The summed E-state index contributed by atoms with van der Waals surface area (Å²) in [7, 11) is 2.03. The van der Waals surface area contributed by atoms with Crippen molar-refractivity contribution in [1.82, 2.24) is 14.8 Å². The smallest absolute Gasteiger partial charge is 0.335 e. The molecule has 3 heterocycles. The second-order valence-electron chi connectivity index (χ2n) is 10.5. The Bertz CT molecular complexity index is 1220. The molecule has 1 saturated heterocycles. The van der Waals surface area contributed by atoms with Crippen molar-refractivity contribution in [1.29, 1.82) is 0 Å². The molecule has 3 aliphatic rings. The van der Waals surface area contributed by atoms with Crippen LogP contribution in [0.25, 0.3) is 22.2 Å². The Labute approximate surface area is 201 Å². The normalized spacial score (nSPS) is 22.9. The van der Waals surface area contributed by atoms with Crippen molar-refractivity contribution in [3.8, 4) is 11.3 Å². The molecule has 1 aliphatic carbocycles. The van der Waals surface area contributed by atoms with Gasteiger partial charge in [-0.1, -0.05) is 49.6 Å². The maximum atomic E-state index is 11.9. The molecule has 0 unspecified atom stereocenters. The van der Waals surface area contributed by atoms with E-state index in [0.29, 0.717) is 23.4 Å². The molecule has 0 amide bonds. The number of fused-ring (bicyclic) bond motifs is 7. The summed E-state index contributed by atoms with van der Waals surface area (Å²) < 4.78 is 2.51. The number of benzene rings is 2. The van der Waals surface area contributed by atoms with Gasteiger partial charge in [0.05, 0.1) is 11.3 Å². The Hall–Kier alpha value is -2.63. The van der Waals surface area contributed by atoms with Crippen molar-refractivity contribution < 1.29 is 9.90 Å². The van der Waals surface area contributed by atoms with Gasteiger partial charge in [-0.05, 0) is 68.0 Å². The summed E-state index contributed by atoms with van der Waals surface area (Å²) in [5.74, 6) is 0.236. The zero-order valence-electron chi connectivity index (χ0n) is 20.1.